The molecular formula is C15H21N3O3. The van der Waals surface area contributed by atoms with Crippen LogP contribution in [0.4, 0.5) is 0 Å². The maximum Gasteiger partial charge on any atom is 0.309 e. The van der Waals surface area contributed by atoms with Gasteiger partial charge in [-0.25, -0.2) is 4.98 Å². The van der Waals surface area contributed by atoms with Gasteiger partial charge in [-0.15, -0.1) is 0 Å². The van der Waals surface area contributed by atoms with Gasteiger partial charge in [0.25, 0.3) is 0 Å². The van der Waals surface area contributed by atoms with E-state index in [-0.39, 0.29) is 6.42 Å². The van der Waals surface area contributed by atoms with Gasteiger partial charge in [0.05, 0.1) is 24.4 Å². The van der Waals surface area contributed by atoms with Crippen molar-refractivity contribution in [1.29, 1.82) is 0 Å². The Labute approximate surface area is 124 Å². The first-order chi connectivity index (χ1) is 9.99. The lowest BCUT2D eigenvalue weighted by Gasteiger charge is -2.11. The monoisotopic (exact) mass is 291 g/mol. The summed E-state index contributed by atoms with van der Waals surface area (Å²) >= 11 is 0. The number of nitrogens with zero attached hydrogens (tertiary/aromatic N) is 3. The Morgan fingerprint density at radius 3 is 2.90 bits per heavy atom. The molecule has 0 spiro atoms. The lowest BCUT2D eigenvalue weighted by Crippen LogP contribution is -2.15. The van der Waals surface area contributed by atoms with Crippen molar-refractivity contribution in [3.63, 3.8) is 0 Å². The lowest BCUT2D eigenvalue weighted by atomic mass is 10.2. The number of carbonyl (C=O) groups is 1. The molecule has 2 rings (SSSR count). The second-order valence-corrected chi connectivity index (χ2v) is 5.29. The molecule has 0 saturated carbocycles. The minimum Gasteiger partial charge on any atom is -0.490 e. The van der Waals surface area contributed by atoms with Gasteiger partial charge in [0.15, 0.2) is 11.4 Å². The van der Waals surface area contributed by atoms with Crippen LogP contribution in [0.5, 0.6) is 5.75 Å². The summed E-state index contributed by atoms with van der Waals surface area (Å²) in [5, 5.41) is 8.99. The number of carboxylic acids is 1. The molecule has 2 aromatic heterocycles. The summed E-state index contributed by atoms with van der Waals surface area (Å²) in [4.78, 5) is 17.5. The Morgan fingerprint density at radius 2 is 2.24 bits per heavy atom. The maximum atomic E-state index is 10.9. The zero-order valence-electron chi connectivity index (χ0n) is 12.7. The molecule has 0 aliphatic heterocycles. The summed E-state index contributed by atoms with van der Waals surface area (Å²) in [6.07, 6.45) is 2.70. The van der Waals surface area contributed by atoms with Gasteiger partial charge in [0.2, 0.25) is 0 Å². The van der Waals surface area contributed by atoms with Crippen molar-refractivity contribution in [3.8, 4) is 5.75 Å². The maximum absolute atomic E-state index is 10.9. The van der Waals surface area contributed by atoms with Crippen LogP contribution in [0.2, 0.25) is 0 Å². The standard InChI is InChI=1S/C15H21N3O3/c1-11-12(10-14(19)20)18-8-4-6-13(15(18)16-11)21-9-5-7-17(2)3/h4,6,8H,5,7,9-10H2,1-3H3,(H,19,20). The molecule has 0 aliphatic carbocycles. The Kier molecular flexibility index (Phi) is 4.80. The second-order valence-electron chi connectivity index (χ2n) is 5.29. The van der Waals surface area contributed by atoms with E-state index in [0.717, 1.165) is 18.7 Å². The number of aryl methyl sites for hydroxylation is 1. The molecule has 2 aromatic rings. The van der Waals surface area contributed by atoms with Gasteiger partial charge in [-0.3, -0.25) is 4.79 Å². The van der Waals surface area contributed by atoms with Crippen molar-refractivity contribution in [3.05, 3.63) is 29.7 Å². The molecule has 0 aromatic carbocycles. The topological polar surface area (TPSA) is 67.1 Å². The third-order valence-electron chi connectivity index (χ3n) is 3.24. The van der Waals surface area contributed by atoms with Gasteiger partial charge in [-0.05, 0) is 39.6 Å². The summed E-state index contributed by atoms with van der Waals surface area (Å²) in [5.41, 5.74) is 2.09. The molecule has 1 N–H and O–H groups in total. The van der Waals surface area contributed by atoms with E-state index in [1.807, 2.05) is 39.3 Å². The van der Waals surface area contributed by atoms with Crippen molar-refractivity contribution in [2.75, 3.05) is 27.2 Å². The van der Waals surface area contributed by atoms with Crippen LogP contribution >= 0.6 is 0 Å². The molecule has 0 atom stereocenters. The summed E-state index contributed by atoms with van der Waals surface area (Å²) in [6.45, 7) is 3.39. The van der Waals surface area contributed by atoms with Gasteiger partial charge in [-0.1, -0.05) is 0 Å². The number of ether oxygens (including phenoxy) is 1. The van der Waals surface area contributed by atoms with Gasteiger partial charge in [-0.2, -0.15) is 0 Å². The molecule has 0 fully saturated rings. The highest BCUT2D eigenvalue weighted by molar-refractivity contribution is 5.71. The molecular weight excluding hydrogens is 270 g/mol. The molecule has 2 heterocycles. The smallest absolute Gasteiger partial charge is 0.309 e. The SMILES string of the molecule is Cc1nc2c(OCCCN(C)C)cccn2c1CC(=O)O. The first kappa shape index (κ1) is 15.3. The molecule has 0 saturated heterocycles. The zero-order valence-corrected chi connectivity index (χ0v) is 12.7. The number of hydrogen-bond acceptors (Lipinski definition) is 4. The van der Waals surface area contributed by atoms with Crippen LogP contribution in [-0.2, 0) is 11.2 Å². The van der Waals surface area contributed by atoms with Gasteiger partial charge >= 0.3 is 5.97 Å². The summed E-state index contributed by atoms with van der Waals surface area (Å²) < 4.78 is 7.58. The van der Waals surface area contributed by atoms with E-state index in [0.29, 0.717) is 23.7 Å². The quantitative estimate of drug-likeness (QED) is 0.785. The van der Waals surface area contributed by atoms with E-state index in [1.54, 1.807) is 4.40 Å². The van der Waals surface area contributed by atoms with Crippen molar-refractivity contribution < 1.29 is 14.6 Å². The van der Waals surface area contributed by atoms with Crippen LogP contribution in [0.25, 0.3) is 5.65 Å². The van der Waals surface area contributed by atoms with Crippen LogP contribution in [0.15, 0.2) is 18.3 Å². The van der Waals surface area contributed by atoms with Crippen molar-refractivity contribution in [2.24, 2.45) is 0 Å². The average Bonchev–Trinajstić information content (AvgIpc) is 2.71. The van der Waals surface area contributed by atoms with Crippen molar-refractivity contribution in [1.82, 2.24) is 14.3 Å². The van der Waals surface area contributed by atoms with Crippen LogP contribution in [0.3, 0.4) is 0 Å². The number of aromatic nitrogens is 2. The minimum atomic E-state index is -0.864. The van der Waals surface area contributed by atoms with Crippen molar-refractivity contribution in [2.45, 2.75) is 19.8 Å². The fourth-order valence-electron chi connectivity index (χ4n) is 2.24. The molecule has 21 heavy (non-hydrogen) atoms. The normalized spacial score (nSPS) is 11.2. The van der Waals surface area contributed by atoms with E-state index in [2.05, 4.69) is 9.88 Å². The van der Waals surface area contributed by atoms with E-state index < -0.39 is 5.97 Å². The van der Waals surface area contributed by atoms with E-state index in [9.17, 15) is 4.79 Å². The Bertz CT molecular complexity index is 634. The molecule has 0 aliphatic rings. The lowest BCUT2D eigenvalue weighted by molar-refractivity contribution is -0.136. The third kappa shape index (κ3) is 3.72. The summed E-state index contributed by atoms with van der Waals surface area (Å²) in [7, 11) is 4.05. The molecule has 0 radical (unpaired) electrons. The van der Waals surface area contributed by atoms with Gasteiger partial charge < -0.3 is 19.1 Å². The Balaban J connectivity index is 2.19. The fourth-order valence-corrected chi connectivity index (χ4v) is 2.24. The van der Waals surface area contributed by atoms with E-state index >= 15 is 0 Å². The minimum absolute atomic E-state index is 0.0446. The van der Waals surface area contributed by atoms with E-state index in [1.165, 1.54) is 0 Å². The number of rotatable bonds is 7. The first-order valence-corrected chi connectivity index (χ1v) is 6.95. The number of carboxylic acid groups (broad SMARTS) is 1. The number of pyridine rings is 1. The zero-order chi connectivity index (χ0) is 15.4. The predicted octanol–water partition coefficient (Wildman–Crippen LogP) is 1.60. The molecule has 0 bridgehead atoms. The van der Waals surface area contributed by atoms with E-state index in [4.69, 9.17) is 9.84 Å². The second kappa shape index (κ2) is 6.58. The summed E-state index contributed by atoms with van der Waals surface area (Å²) in [5.74, 6) is -0.173. The fraction of sp³-hybridized carbons (Fsp3) is 0.467. The molecule has 0 unspecified atom stereocenters. The number of aliphatic carboxylic acids is 1. The Morgan fingerprint density at radius 1 is 1.48 bits per heavy atom. The largest absolute Gasteiger partial charge is 0.490 e. The van der Waals surface area contributed by atoms with Crippen LogP contribution in [0.1, 0.15) is 17.8 Å². The predicted molar refractivity (Wildman–Crippen MR) is 79.9 cm³/mol. The van der Waals surface area contributed by atoms with Crippen LogP contribution in [-0.4, -0.2) is 52.6 Å². The van der Waals surface area contributed by atoms with Gasteiger partial charge in [0.1, 0.15) is 0 Å². The third-order valence-corrected chi connectivity index (χ3v) is 3.24. The van der Waals surface area contributed by atoms with Crippen molar-refractivity contribution >= 4 is 11.6 Å². The van der Waals surface area contributed by atoms with Crippen LogP contribution < -0.4 is 4.74 Å². The highest BCUT2D eigenvalue weighted by atomic mass is 16.5. The molecule has 6 nitrogen and oxygen atoms in total. The molecule has 6 heteroatoms. The number of hydrogen-bond donors (Lipinski definition) is 1. The Hall–Kier alpha value is -2.08. The first-order valence-electron chi connectivity index (χ1n) is 6.95. The number of fused-ring (bicyclic) bond motifs is 1. The highest BCUT2D eigenvalue weighted by Gasteiger charge is 2.14. The van der Waals surface area contributed by atoms with Gasteiger partial charge in [0, 0.05) is 12.7 Å². The number of imidazole rings is 1. The average molecular weight is 291 g/mol. The molecule has 0 amide bonds. The molecule has 114 valence electrons. The highest BCUT2D eigenvalue weighted by Crippen LogP contribution is 2.22. The van der Waals surface area contributed by atoms with Crippen LogP contribution in [0, 0.1) is 6.92 Å². The summed E-state index contributed by atoms with van der Waals surface area (Å²) in [6, 6.07) is 3.71.